The van der Waals surface area contributed by atoms with Gasteiger partial charge in [-0.25, -0.2) is 8.78 Å². The molecule has 0 aliphatic rings. The van der Waals surface area contributed by atoms with E-state index in [-0.39, 0.29) is 10.7 Å². The Morgan fingerprint density at radius 2 is 2.18 bits per heavy atom. The predicted octanol–water partition coefficient (Wildman–Crippen LogP) is 3.44. The molecule has 0 spiro atoms. The number of alkyl halides is 2. The summed E-state index contributed by atoms with van der Waals surface area (Å²) in [5.74, 6) is 0. The van der Waals surface area contributed by atoms with Gasteiger partial charge in [-0.15, -0.1) is 0 Å². The average molecular weight is 242 g/mol. The third-order valence-electron chi connectivity index (χ3n) is 1.05. The van der Waals surface area contributed by atoms with Crippen molar-refractivity contribution in [2.45, 2.75) is 6.43 Å². The van der Waals surface area contributed by atoms with E-state index in [1.54, 1.807) is 0 Å². The van der Waals surface area contributed by atoms with Gasteiger partial charge in [0.25, 0.3) is 6.43 Å². The van der Waals surface area contributed by atoms with E-state index in [0.717, 1.165) is 6.07 Å². The lowest BCUT2D eigenvalue weighted by molar-refractivity contribution is 0.146. The molecule has 0 saturated carbocycles. The highest BCUT2D eigenvalue weighted by Gasteiger charge is 2.09. The summed E-state index contributed by atoms with van der Waals surface area (Å²) >= 11 is 8.58. The number of aromatic nitrogens is 1. The minimum Gasteiger partial charge on any atom is -0.254 e. The van der Waals surface area contributed by atoms with E-state index < -0.39 is 6.43 Å². The Morgan fingerprint density at radius 3 is 2.64 bits per heavy atom. The lowest BCUT2D eigenvalue weighted by Gasteiger charge is -1.99. The number of halogens is 4. The van der Waals surface area contributed by atoms with Crippen molar-refractivity contribution in [1.82, 2.24) is 4.98 Å². The summed E-state index contributed by atoms with van der Waals surface area (Å²) < 4.78 is 24.4. The van der Waals surface area contributed by atoms with Gasteiger partial charge >= 0.3 is 0 Å². The summed E-state index contributed by atoms with van der Waals surface area (Å²) in [5, 5.41) is 0.246. The van der Waals surface area contributed by atoms with Crippen molar-refractivity contribution in [3.05, 3.63) is 27.5 Å². The summed E-state index contributed by atoms with van der Waals surface area (Å²) in [5.41, 5.74) is -0.307. The van der Waals surface area contributed by atoms with Crippen LogP contribution in [-0.4, -0.2) is 4.98 Å². The van der Waals surface area contributed by atoms with Gasteiger partial charge in [0.15, 0.2) is 0 Å². The molecule has 1 aromatic heterocycles. The average Bonchev–Trinajstić information content (AvgIpc) is 1.94. The number of hydrogen-bond donors (Lipinski definition) is 0. The molecule has 1 nitrogen and oxygen atoms in total. The topological polar surface area (TPSA) is 12.9 Å². The zero-order chi connectivity index (χ0) is 8.43. The fourth-order valence-electron chi connectivity index (χ4n) is 0.548. The minimum absolute atomic E-state index is 0.246. The van der Waals surface area contributed by atoms with Crippen molar-refractivity contribution in [3.63, 3.8) is 0 Å². The summed E-state index contributed by atoms with van der Waals surface area (Å²) in [7, 11) is 0. The third kappa shape index (κ3) is 2.10. The molecule has 1 rings (SSSR count). The molecule has 0 atom stereocenters. The normalized spacial score (nSPS) is 10.6. The van der Waals surface area contributed by atoms with Crippen molar-refractivity contribution in [2.24, 2.45) is 0 Å². The van der Waals surface area contributed by atoms with Gasteiger partial charge in [0.2, 0.25) is 0 Å². The molecule has 0 unspecified atom stereocenters. The van der Waals surface area contributed by atoms with E-state index >= 15 is 0 Å². The number of hydrogen-bond acceptors (Lipinski definition) is 1. The van der Waals surface area contributed by atoms with E-state index in [0.29, 0.717) is 4.47 Å². The predicted molar refractivity (Wildman–Crippen MR) is 41.9 cm³/mol. The van der Waals surface area contributed by atoms with Crippen LogP contribution in [0, 0.1) is 0 Å². The standard InChI is InChI=1S/C6H3BrClF2N/c7-3-2-11-5(6(9)10)1-4(3)8/h1-2,6H. The largest absolute Gasteiger partial charge is 0.280 e. The van der Waals surface area contributed by atoms with Gasteiger partial charge in [-0.05, 0) is 22.0 Å². The second-order valence-corrected chi connectivity index (χ2v) is 3.09. The van der Waals surface area contributed by atoms with Gasteiger partial charge in [-0.3, -0.25) is 4.98 Å². The van der Waals surface area contributed by atoms with Crippen LogP contribution >= 0.6 is 27.5 Å². The molecule has 60 valence electrons. The number of rotatable bonds is 1. The first-order chi connectivity index (χ1) is 5.11. The first kappa shape index (κ1) is 8.87. The van der Waals surface area contributed by atoms with Crippen molar-refractivity contribution in [2.75, 3.05) is 0 Å². The van der Waals surface area contributed by atoms with Gasteiger partial charge in [-0.2, -0.15) is 0 Å². The molecule has 0 bridgehead atoms. The third-order valence-corrected chi connectivity index (χ3v) is 2.23. The van der Waals surface area contributed by atoms with Crippen LogP contribution in [0.1, 0.15) is 12.1 Å². The highest BCUT2D eigenvalue weighted by molar-refractivity contribution is 9.10. The number of pyridine rings is 1. The molecule has 1 heterocycles. The van der Waals surface area contributed by atoms with E-state index in [1.807, 2.05) is 0 Å². The highest BCUT2D eigenvalue weighted by Crippen LogP contribution is 2.25. The minimum atomic E-state index is -2.57. The Bertz CT molecular complexity index is 267. The second-order valence-electron chi connectivity index (χ2n) is 1.82. The SMILES string of the molecule is FC(F)c1cc(Cl)c(Br)cn1. The van der Waals surface area contributed by atoms with Crippen LogP contribution in [0.15, 0.2) is 16.7 Å². The fraction of sp³-hybridized carbons (Fsp3) is 0.167. The molecule has 1 aromatic rings. The van der Waals surface area contributed by atoms with E-state index in [1.165, 1.54) is 6.20 Å². The monoisotopic (exact) mass is 241 g/mol. The van der Waals surface area contributed by atoms with Gasteiger partial charge in [0, 0.05) is 6.20 Å². The molecular weight excluding hydrogens is 239 g/mol. The van der Waals surface area contributed by atoms with Crippen LogP contribution in [0.4, 0.5) is 8.78 Å². The second kappa shape index (κ2) is 3.45. The number of nitrogens with zero attached hydrogens (tertiary/aromatic N) is 1. The maximum Gasteiger partial charge on any atom is 0.280 e. The summed E-state index contributed by atoms with van der Waals surface area (Å²) in [6, 6.07) is 1.14. The Labute approximate surface area is 75.5 Å². The lowest BCUT2D eigenvalue weighted by atomic mass is 10.4. The van der Waals surface area contributed by atoms with Crippen molar-refractivity contribution in [3.8, 4) is 0 Å². The zero-order valence-electron chi connectivity index (χ0n) is 5.19. The van der Waals surface area contributed by atoms with E-state index in [4.69, 9.17) is 11.6 Å². The van der Waals surface area contributed by atoms with E-state index in [9.17, 15) is 8.78 Å². The smallest absolute Gasteiger partial charge is 0.254 e. The zero-order valence-corrected chi connectivity index (χ0v) is 7.53. The molecule has 0 amide bonds. The van der Waals surface area contributed by atoms with E-state index in [2.05, 4.69) is 20.9 Å². The molecule has 0 saturated heterocycles. The molecule has 0 aliphatic carbocycles. The van der Waals surface area contributed by atoms with Gasteiger partial charge < -0.3 is 0 Å². The molecular formula is C6H3BrClF2N. The van der Waals surface area contributed by atoms with Crippen LogP contribution in [0.25, 0.3) is 0 Å². The molecule has 0 fully saturated rings. The Balaban J connectivity index is 3.05. The van der Waals surface area contributed by atoms with Gasteiger partial charge in [0.05, 0.1) is 9.50 Å². The maximum atomic E-state index is 11.9. The Hall–Kier alpha value is -0.220. The van der Waals surface area contributed by atoms with Crippen molar-refractivity contribution < 1.29 is 8.78 Å². The fourth-order valence-corrected chi connectivity index (χ4v) is 0.926. The lowest BCUT2D eigenvalue weighted by Crippen LogP contribution is -1.88. The van der Waals surface area contributed by atoms with Crippen LogP contribution in [-0.2, 0) is 0 Å². The molecule has 11 heavy (non-hydrogen) atoms. The summed E-state index contributed by atoms with van der Waals surface area (Å²) in [6.45, 7) is 0. The van der Waals surface area contributed by atoms with Crippen molar-refractivity contribution in [1.29, 1.82) is 0 Å². The molecule has 0 N–H and O–H groups in total. The first-order valence-electron chi connectivity index (χ1n) is 2.70. The summed E-state index contributed by atoms with van der Waals surface area (Å²) in [6.07, 6.45) is -1.32. The first-order valence-corrected chi connectivity index (χ1v) is 3.87. The maximum absolute atomic E-state index is 11.9. The quantitative estimate of drug-likeness (QED) is 0.735. The molecule has 0 radical (unpaired) electrons. The van der Waals surface area contributed by atoms with Crippen LogP contribution in [0.3, 0.4) is 0 Å². The molecule has 0 aromatic carbocycles. The van der Waals surface area contributed by atoms with Crippen LogP contribution in [0.5, 0.6) is 0 Å². The summed E-state index contributed by atoms with van der Waals surface area (Å²) in [4.78, 5) is 3.46. The van der Waals surface area contributed by atoms with Crippen molar-refractivity contribution >= 4 is 27.5 Å². The molecule has 0 aliphatic heterocycles. The Morgan fingerprint density at radius 1 is 1.55 bits per heavy atom. The Kier molecular flexibility index (Phi) is 2.78. The van der Waals surface area contributed by atoms with Gasteiger partial charge in [-0.1, -0.05) is 11.6 Å². The highest BCUT2D eigenvalue weighted by atomic mass is 79.9. The molecule has 5 heteroatoms. The van der Waals surface area contributed by atoms with Crippen LogP contribution in [0.2, 0.25) is 5.02 Å². The van der Waals surface area contributed by atoms with Crippen LogP contribution < -0.4 is 0 Å². The van der Waals surface area contributed by atoms with Gasteiger partial charge in [0.1, 0.15) is 5.69 Å².